The SMILES string of the molecule is O=c1cccc2c1c(O)c1c(NCCSCCO)ccc3c(CNCCSCCO)nn2c31. The summed E-state index contributed by atoms with van der Waals surface area (Å²) in [5.74, 6) is 3.08. The van der Waals surface area contributed by atoms with Crippen LogP contribution in [0.3, 0.4) is 0 Å². The van der Waals surface area contributed by atoms with Crippen LogP contribution in [0, 0.1) is 0 Å². The fourth-order valence-corrected chi connectivity index (χ4v) is 5.16. The van der Waals surface area contributed by atoms with Crippen LogP contribution in [-0.2, 0) is 6.54 Å². The molecule has 176 valence electrons. The van der Waals surface area contributed by atoms with Gasteiger partial charge < -0.3 is 26.0 Å². The summed E-state index contributed by atoms with van der Waals surface area (Å²) >= 11 is 3.33. The van der Waals surface area contributed by atoms with E-state index in [-0.39, 0.29) is 29.8 Å². The summed E-state index contributed by atoms with van der Waals surface area (Å²) in [5.41, 5.74) is 2.72. The molecule has 4 aromatic rings. The summed E-state index contributed by atoms with van der Waals surface area (Å²) in [6.45, 7) is 2.34. The highest BCUT2D eigenvalue weighted by atomic mass is 32.2. The molecule has 0 spiro atoms. The molecule has 33 heavy (non-hydrogen) atoms. The highest BCUT2D eigenvalue weighted by Gasteiger charge is 2.21. The van der Waals surface area contributed by atoms with Crippen molar-refractivity contribution in [3.8, 4) is 5.75 Å². The van der Waals surface area contributed by atoms with Gasteiger partial charge >= 0.3 is 0 Å². The number of aromatic hydroxyl groups is 1. The maximum absolute atomic E-state index is 12.6. The second kappa shape index (κ2) is 11.3. The Balaban J connectivity index is 1.73. The number of anilines is 1. The number of aromatic nitrogens is 2. The molecule has 0 saturated heterocycles. The highest BCUT2D eigenvalue weighted by Crippen LogP contribution is 2.40. The molecule has 4 rings (SSSR count). The Morgan fingerprint density at radius 2 is 1.70 bits per heavy atom. The van der Waals surface area contributed by atoms with Gasteiger partial charge in [-0.15, -0.1) is 0 Å². The standard InChI is InChI=1S/C23H28N4O4S2/c28-8-12-32-10-6-24-14-17-15-4-5-16(25-7-11-33-13-9-29)20-22(15)27(26-17)18-2-1-3-19(30)21(18)23(20)31/h1-5,24-25,28-29,31H,6-14H2. The summed E-state index contributed by atoms with van der Waals surface area (Å²) in [5, 5.41) is 42.4. The molecule has 0 unspecified atom stereocenters. The second-order valence-electron chi connectivity index (χ2n) is 7.52. The maximum Gasteiger partial charge on any atom is 0.191 e. The lowest BCUT2D eigenvalue weighted by molar-refractivity contribution is 0.322. The third-order valence-electron chi connectivity index (χ3n) is 5.38. The normalized spacial score (nSPS) is 11.8. The van der Waals surface area contributed by atoms with Crippen LogP contribution in [0.1, 0.15) is 5.69 Å². The van der Waals surface area contributed by atoms with E-state index in [2.05, 4.69) is 10.6 Å². The number of rotatable bonds is 13. The molecule has 0 radical (unpaired) electrons. The van der Waals surface area contributed by atoms with Crippen molar-refractivity contribution in [2.24, 2.45) is 0 Å². The van der Waals surface area contributed by atoms with Crippen molar-refractivity contribution >= 4 is 56.4 Å². The average Bonchev–Trinajstić information content (AvgIpc) is 3.19. The van der Waals surface area contributed by atoms with Crippen molar-refractivity contribution in [3.63, 3.8) is 0 Å². The minimum atomic E-state index is -0.242. The molecule has 2 aromatic heterocycles. The summed E-state index contributed by atoms with van der Waals surface area (Å²) in [7, 11) is 0. The van der Waals surface area contributed by atoms with E-state index in [0.717, 1.165) is 46.1 Å². The first-order chi connectivity index (χ1) is 16.2. The predicted octanol–water partition coefficient (Wildman–Crippen LogP) is 2.10. The monoisotopic (exact) mass is 488 g/mol. The van der Waals surface area contributed by atoms with E-state index < -0.39 is 0 Å². The minimum absolute atomic E-state index is 0.0287. The van der Waals surface area contributed by atoms with Crippen molar-refractivity contribution in [2.75, 3.05) is 54.6 Å². The molecule has 0 saturated carbocycles. The van der Waals surface area contributed by atoms with Gasteiger partial charge in [-0.3, -0.25) is 4.79 Å². The molecule has 0 fully saturated rings. The Hall–Kier alpha value is -2.24. The van der Waals surface area contributed by atoms with Crippen molar-refractivity contribution in [1.82, 2.24) is 14.9 Å². The van der Waals surface area contributed by atoms with Gasteiger partial charge in [0.1, 0.15) is 5.75 Å². The van der Waals surface area contributed by atoms with Crippen LogP contribution in [0.15, 0.2) is 35.1 Å². The molecule has 2 heterocycles. The molecule has 10 heteroatoms. The number of aliphatic hydroxyl groups excluding tert-OH is 2. The summed E-state index contributed by atoms with van der Waals surface area (Å²) in [4.78, 5) is 12.6. The fraction of sp³-hybridized carbons (Fsp3) is 0.391. The van der Waals surface area contributed by atoms with Crippen molar-refractivity contribution in [3.05, 3.63) is 46.2 Å². The first-order valence-corrected chi connectivity index (χ1v) is 13.2. The van der Waals surface area contributed by atoms with Gasteiger partial charge in [0.2, 0.25) is 0 Å². The van der Waals surface area contributed by atoms with Crippen LogP contribution in [0.25, 0.3) is 27.2 Å². The Kier molecular flexibility index (Phi) is 8.15. The molecule has 0 aliphatic rings. The van der Waals surface area contributed by atoms with Gasteiger partial charge in [-0.2, -0.15) is 28.6 Å². The smallest absolute Gasteiger partial charge is 0.191 e. The predicted molar refractivity (Wildman–Crippen MR) is 138 cm³/mol. The molecular weight excluding hydrogens is 460 g/mol. The third-order valence-corrected chi connectivity index (χ3v) is 7.30. The number of hydrogen-bond donors (Lipinski definition) is 5. The van der Waals surface area contributed by atoms with Gasteiger partial charge in [0.25, 0.3) is 0 Å². The first kappa shape index (κ1) is 23.9. The van der Waals surface area contributed by atoms with Gasteiger partial charge in [0, 0.05) is 53.7 Å². The van der Waals surface area contributed by atoms with Crippen molar-refractivity contribution in [2.45, 2.75) is 6.54 Å². The van der Waals surface area contributed by atoms with Gasteiger partial charge in [-0.25, -0.2) is 4.52 Å². The second-order valence-corrected chi connectivity index (χ2v) is 9.97. The molecule has 0 atom stereocenters. The number of thioether (sulfide) groups is 2. The van der Waals surface area contributed by atoms with Crippen LogP contribution >= 0.6 is 23.5 Å². The van der Waals surface area contributed by atoms with Crippen LogP contribution in [0.4, 0.5) is 5.69 Å². The molecule has 0 amide bonds. The summed E-state index contributed by atoms with van der Waals surface area (Å²) < 4.78 is 1.77. The quantitative estimate of drug-likeness (QED) is 0.142. The Morgan fingerprint density at radius 3 is 2.45 bits per heavy atom. The first-order valence-electron chi connectivity index (χ1n) is 10.9. The Labute approximate surface area is 199 Å². The lowest BCUT2D eigenvalue weighted by atomic mass is 10.0. The number of benzene rings is 2. The zero-order valence-electron chi connectivity index (χ0n) is 18.2. The number of fused-ring (bicyclic) bond motifs is 2. The van der Waals surface area contributed by atoms with Crippen molar-refractivity contribution < 1.29 is 15.3 Å². The molecule has 5 N–H and O–H groups in total. The van der Waals surface area contributed by atoms with E-state index in [1.807, 2.05) is 12.1 Å². The summed E-state index contributed by atoms with van der Waals surface area (Å²) in [6.07, 6.45) is 0. The third kappa shape index (κ3) is 4.99. The van der Waals surface area contributed by atoms with E-state index in [4.69, 9.17) is 15.3 Å². The molecule has 0 aliphatic carbocycles. The zero-order chi connectivity index (χ0) is 23.2. The summed E-state index contributed by atoms with van der Waals surface area (Å²) in [6, 6.07) is 8.87. The number of aliphatic hydroxyl groups is 2. The maximum atomic E-state index is 12.6. The van der Waals surface area contributed by atoms with Crippen LogP contribution in [0.5, 0.6) is 5.75 Å². The van der Waals surface area contributed by atoms with Gasteiger partial charge in [-0.1, -0.05) is 6.07 Å². The van der Waals surface area contributed by atoms with Crippen molar-refractivity contribution in [1.29, 1.82) is 0 Å². The molecule has 2 aromatic carbocycles. The largest absolute Gasteiger partial charge is 0.506 e. The van der Waals surface area contributed by atoms with Crippen LogP contribution < -0.4 is 16.1 Å². The van der Waals surface area contributed by atoms with Gasteiger partial charge in [0.15, 0.2) is 5.43 Å². The zero-order valence-corrected chi connectivity index (χ0v) is 19.8. The molecule has 8 nitrogen and oxygen atoms in total. The number of nitrogens with one attached hydrogen (secondary N) is 2. The topological polar surface area (TPSA) is 119 Å². The van der Waals surface area contributed by atoms with E-state index in [1.165, 1.54) is 6.07 Å². The van der Waals surface area contributed by atoms with Crippen LogP contribution in [0.2, 0.25) is 0 Å². The lowest BCUT2D eigenvalue weighted by Gasteiger charge is -2.13. The molecular formula is C23H28N4O4S2. The Bertz CT molecular complexity index is 1280. The number of nitrogens with zero attached hydrogens (tertiary/aromatic N) is 2. The number of hydrogen-bond acceptors (Lipinski definition) is 9. The van der Waals surface area contributed by atoms with Crippen LogP contribution in [-0.4, -0.2) is 74.2 Å². The van der Waals surface area contributed by atoms with E-state index in [0.29, 0.717) is 29.7 Å². The minimum Gasteiger partial charge on any atom is -0.506 e. The average molecular weight is 489 g/mol. The fourth-order valence-electron chi connectivity index (χ4n) is 3.96. The lowest BCUT2D eigenvalue weighted by Crippen LogP contribution is -2.17. The van der Waals surface area contributed by atoms with Gasteiger partial charge in [-0.05, 0) is 24.3 Å². The van der Waals surface area contributed by atoms with Gasteiger partial charge in [0.05, 0.1) is 40.7 Å². The molecule has 0 aliphatic heterocycles. The van der Waals surface area contributed by atoms with E-state index >= 15 is 0 Å². The highest BCUT2D eigenvalue weighted by molar-refractivity contribution is 7.99. The Morgan fingerprint density at radius 1 is 0.939 bits per heavy atom. The number of pyridine rings is 1. The van der Waals surface area contributed by atoms with E-state index in [1.54, 1.807) is 40.2 Å². The molecule has 0 bridgehead atoms. The van der Waals surface area contributed by atoms with E-state index in [9.17, 15) is 9.90 Å².